The number of nitrogens with zero attached hydrogens (tertiary/aromatic N) is 3. The Bertz CT molecular complexity index is 258. The highest BCUT2D eigenvalue weighted by molar-refractivity contribution is 7.05. The number of aromatic nitrogens is 2. The third kappa shape index (κ3) is 3.32. The molecular weight excluding hydrogens is 196 g/mol. The lowest BCUT2D eigenvalue weighted by molar-refractivity contribution is 0.326. The number of nitrogens with one attached hydrogen (secondary N) is 1. The smallest absolute Gasteiger partial charge is 0.0666 e. The zero-order valence-electron chi connectivity index (χ0n) is 8.44. The highest BCUT2D eigenvalue weighted by Gasteiger charge is 2.19. The Kier molecular flexibility index (Phi) is 3.44. The van der Waals surface area contributed by atoms with Gasteiger partial charge in [0.15, 0.2) is 0 Å². The van der Waals surface area contributed by atoms with Gasteiger partial charge in [0.1, 0.15) is 0 Å². The average Bonchev–Trinajstić information content (AvgIpc) is 2.83. The van der Waals surface area contributed by atoms with Crippen molar-refractivity contribution in [3.05, 3.63) is 11.1 Å². The highest BCUT2D eigenvalue weighted by atomic mass is 32.1. The van der Waals surface area contributed by atoms with E-state index < -0.39 is 0 Å². The molecule has 0 aromatic carbocycles. The van der Waals surface area contributed by atoms with Gasteiger partial charge in [-0.05, 0) is 31.4 Å². The highest BCUT2D eigenvalue weighted by Crippen LogP contribution is 2.18. The largest absolute Gasteiger partial charge is 0.313 e. The van der Waals surface area contributed by atoms with Crippen LogP contribution in [0, 0.1) is 0 Å². The minimum Gasteiger partial charge on any atom is -0.313 e. The summed E-state index contributed by atoms with van der Waals surface area (Å²) in [6.45, 7) is 3.14. The van der Waals surface area contributed by atoms with Gasteiger partial charge in [-0.2, -0.15) is 0 Å². The summed E-state index contributed by atoms with van der Waals surface area (Å²) in [5.74, 6) is 0. The Balaban J connectivity index is 1.60. The molecule has 0 atom stereocenters. The molecule has 1 aliphatic carbocycles. The molecular formula is C9H16N4S. The zero-order valence-corrected chi connectivity index (χ0v) is 9.26. The second kappa shape index (κ2) is 4.82. The summed E-state index contributed by atoms with van der Waals surface area (Å²) in [5.41, 5.74) is 0. The van der Waals surface area contributed by atoms with Gasteiger partial charge in [-0.3, -0.25) is 4.90 Å². The first-order valence-corrected chi connectivity index (χ1v) is 5.80. The van der Waals surface area contributed by atoms with Crippen LogP contribution in [-0.4, -0.2) is 40.7 Å². The maximum absolute atomic E-state index is 3.84. The molecule has 1 aromatic rings. The van der Waals surface area contributed by atoms with Crippen LogP contribution in [0.3, 0.4) is 0 Å². The summed E-state index contributed by atoms with van der Waals surface area (Å²) in [5, 5.41) is 7.32. The van der Waals surface area contributed by atoms with Crippen LogP contribution in [0.25, 0.3) is 0 Å². The molecule has 0 spiro atoms. The molecule has 2 rings (SSSR count). The maximum Gasteiger partial charge on any atom is 0.0666 e. The van der Waals surface area contributed by atoms with Gasteiger partial charge in [0.25, 0.3) is 0 Å². The van der Waals surface area contributed by atoms with Crippen molar-refractivity contribution in [2.24, 2.45) is 0 Å². The van der Waals surface area contributed by atoms with Crippen molar-refractivity contribution in [1.82, 2.24) is 19.8 Å². The van der Waals surface area contributed by atoms with Crippen LogP contribution >= 0.6 is 11.5 Å². The van der Waals surface area contributed by atoms with Crippen molar-refractivity contribution in [3.8, 4) is 0 Å². The quantitative estimate of drug-likeness (QED) is 0.754. The number of hydrogen-bond acceptors (Lipinski definition) is 5. The maximum atomic E-state index is 3.84. The Morgan fingerprint density at radius 3 is 3.14 bits per heavy atom. The predicted octanol–water partition coefficient (Wildman–Crippen LogP) is 0.722. The molecule has 5 heteroatoms. The molecule has 1 N–H and O–H groups in total. The molecule has 1 aliphatic rings. The summed E-state index contributed by atoms with van der Waals surface area (Å²) in [7, 11) is 2.13. The van der Waals surface area contributed by atoms with E-state index in [9.17, 15) is 0 Å². The van der Waals surface area contributed by atoms with Gasteiger partial charge in [-0.15, -0.1) is 5.10 Å². The fourth-order valence-corrected chi connectivity index (χ4v) is 1.92. The average molecular weight is 212 g/mol. The molecule has 0 aliphatic heterocycles. The first kappa shape index (κ1) is 10.0. The summed E-state index contributed by atoms with van der Waals surface area (Å²) >= 11 is 1.48. The van der Waals surface area contributed by atoms with Gasteiger partial charge in [0.05, 0.1) is 11.1 Å². The van der Waals surface area contributed by atoms with Crippen LogP contribution in [0.1, 0.15) is 17.7 Å². The van der Waals surface area contributed by atoms with Crippen LogP contribution < -0.4 is 5.32 Å². The molecule has 0 amide bonds. The Morgan fingerprint density at radius 2 is 2.50 bits per heavy atom. The summed E-state index contributed by atoms with van der Waals surface area (Å²) < 4.78 is 3.84. The summed E-state index contributed by atoms with van der Waals surface area (Å²) in [4.78, 5) is 3.53. The van der Waals surface area contributed by atoms with Crippen LogP contribution in [0.15, 0.2) is 6.20 Å². The van der Waals surface area contributed by atoms with Gasteiger partial charge < -0.3 is 5.32 Å². The van der Waals surface area contributed by atoms with Gasteiger partial charge in [0, 0.05) is 25.7 Å². The van der Waals surface area contributed by atoms with Crippen molar-refractivity contribution in [2.75, 3.05) is 20.1 Å². The standard InChI is InChI=1S/C9H16N4S/c1-13(5-4-10-8-2-3-8)7-9-6-11-12-14-9/h6,8,10H,2-5,7H2,1H3. The van der Waals surface area contributed by atoms with Crippen molar-refractivity contribution in [3.63, 3.8) is 0 Å². The lowest BCUT2D eigenvalue weighted by Crippen LogP contribution is -2.29. The topological polar surface area (TPSA) is 41.0 Å². The molecule has 1 aromatic heterocycles. The second-order valence-corrected chi connectivity index (χ2v) is 4.72. The Labute approximate surface area is 88.5 Å². The van der Waals surface area contributed by atoms with E-state index in [2.05, 4.69) is 26.9 Å². The Morgan fingerprint density at radius 1 is 1.64 bits per heavy atom. The first-order chi connectivity index (χ1) is 6.84. The molecule has 0 saturated heterocycles. The van der Waals surface area contributed by atoms with E-state index in [0.717, 1.165) is 25.7 Å². The summed E-state index contributed by atoms with van der Waals surface area (Å²) in [6, 6.07) is 0.813. The van der Waals surface area contributed by atoms with E-state index in [0.29, 0.717) is 0 Å². The van der Waals surface area contributed by atoms with E-state index in [1.54, 1.807) is 0 Å². The molecule has 4 nitrogen and oxygen atoms in total. The van der Waals surface area contributed by atoms with Crippen LogP contribution in [0.2, 0.25) is 0 Å². The third-order valence-corrected chi connectivity index (χ3v) is 2.98. The van der Waals surface area contributed by atoms with E-state index in [1.807, 2.05) is 6.20 Å². The molecule has 14 heavy (non-hydrogen) atoms. The lowest BCUT2D eigenvalue weighted by atomic mass is 10.4. The molecule has 1 heterocycles. The molecule has 1 saturated carbocycles. The van der Waals surface area contributed by atoms with Gasteiger partial charge in [-0.25, -0.2) is 0 Å². The predicted molar refractivity (Wildman–Crippen MR) is 57.3 cm³/mol. The second-order valence-electron chi connectivity index (χ2n) is 3.85. The van der Waals surface area contributed by atoms with Gasteiger partial charge in [0.2, 0.25) is 0 Å². The normalized spacial score (nSPS) is 16.4. The van der Waals surface area contributed by atoms with E-state index in [1.165, 1.54) is 29.3 Å². The SMILES string of the molecule is CN(CCNC1CC1)Cc1cnns1. The lowest BCUT2D eigenvalue weighted by Gasteiger charge is -2.14. The summed E-state index contributed by atoms with van der Waals surface area (Å²) in [6.07, 6.45) is 4.57. The zero-order chi connectivity index (χ0) is 9.80. The van der Waals surface area contributed by atoms with Gasteiger partial charge in [-0.1, -0.05) is 4.49 Å². The molecule has 0 radical (unpaired) electrons. The van der Waals surface area contributed by atoms with Crippen LogP contribution in [0.4, 0.5) is 0 Å². The van der Waals surface area contributed by atoms with E-state index in [-0.39, 0.29) is 0 Å². The number of rotatable bonds is 6. The Hall–Kier alpha value is -0.520. The third-order valence-electron chi connectivity index (χ3n) is 2.34. The van der Waals surface area contributed by atoms with Crippen molar-refractivity contribution < 1.29 is 0 Å². The fraction of sp³-hybridized carbons (Fsp3) is 0.778. The van der Waals surface area contributed by atoms with Crippen molar-refractivity contribution in [2.45, 2.75) is 25.4 Å². The first-order valence-electron chi connectivity index (χ1n) is 5.03. The number of likely N-dealkylation sites (N-methyl/N-ethyl adjacent to an activating group) is 1. The van der Waals surface area contributed by atoms with Crippen LogP contribution in [0.5, 0.6) is 0 Å². The van der Waals surface area contributed by atoms with E-state index >= 15 is 0 Å². The molecule has 1 fully saturated rings. The molecule has 0 bridgehead atoms. The van der Waals surface area contributed by atoms with Crippen LogP contribution in [-0.2, 0) is 6.54 Å². The minimum atomic E-state index is 0.813. The molecule has 0 unspecified atom stereocenters. The van der Waals surface area contributed by atoms with Gasteiger partial charge >= 0.3 is 0 Å². The molecule has 78 valence electrons. The van der Waals surface area contributed by atoms with Crippen molar-refractivity contribution in [1.29, 1.82) is 0 Å². The number of hydrogen-bond donors (Lipinski definition) is 1. The minimum absolute atomic E-state index is 0.813. The fourth-order valence-electron chi connectivity index (χ4n) is 1.35. The van der Waals surface area contributed by atoms with Crippen molar-refractivity contribution >= 4 is 11.5 Å². The monoisotopic (exact) mass is 212 g/mol. The van der Waals surface area contributed by atoms with E-state index in [4.69, 9.17) is 0 Å².